The average Bonchev–Trinajstić information content (AvgIpc) is 3.13. The third kappa shape index (κ3) is 4.83. The number of carbonyl (C=O) groups excluding carboxylic acids is 2. The number of hydrogen-bond donors (Lipinski definition) is 3. The van der Waals surface area contributed by atoms with Crippen molar-refractivity contribution in [1.29, 1.82) is 5.26 Å². The van der Waals surface area contributed by atoms with Crippen molar-refractivity contribution in [2.45, 2.75) is 26.4 Å². The number of esters is 1. The van der Waals surface area contributed by atoms with Gasteiger partial charge < -0.3 is 20.1 Å². The van der Waals surface area contributed by atoms with Crippen LogP contribution in [0.15, 0.2) is 54.3 Å². The third-order valence-corrected chi connectivity index (χ3v) is 4.31. The first kappa shape index (κ1) is 20.6. The number of aliphatic hydroxyl groups is 1. The molecule has 0 saturated heterocycles. The molecule has 30 heavy (non-hydrogen) atoms. The van der Waals surface area contributed by atoms with E-state index in [1.165, 1.54) is 13.8 Å². The molecule has 3 N–H and O–H groups in total. The molecule has 3 rings (SSSR count). The Labute approximate surface area is 172 Å². The number of para-hydroxylation sites is 2. The van der Waals surface area contributed by atoms with E-state index in [0.717, 1.165) is 5.52 Å². The van der Waals surface area contributed by atoms with Gasteiger partial charge in [-0.3, -0.25) is 9.59 Å². The van der Waals surface area contributed by atoms with Crippen molar-refractivity contribution in [2.24, 2.45) is 0 Å². The fourth-order valence-electron chi connectivity index (χ4n) is 2.88. The fourth-order valence-corrected chi connectivity index (χ4v) is 2.88. The normalized spacial score (nSPS) is 12.6. The van der Waals surface area contributed by atoms with Crippen LogP contribution in [0.5, 0.6) is 0 Å². The van der Waals surface area contributed by atoms with Crippen LogP contribution in [-0.4, -0.2) is 33.1 Å². The molecule has 0 fully saturated rings. The van der Waals surface area contributed by atoms with Gasteiger partial charge in [-0.2, -0.15) is 5.26 Å². The Morgan fingerprint density at radius 3 is 2.57 bits per heavy atom. The Kier molecular flexibility index (Phi) is 6.13. The lowest BCUT2D eigenvalue weighted by molar-refractivity contribution is -0.146. The molecule has 1 heterocycles. The molecule has 0 unspecified atom stereocenters. The molecule has 0 bridgehead atoms. The molecule has 8 nitrogen and oxygen atoms in total. The van der Waals surface area contributed by atoms with Gasteiger partial charge in [-0.15, -0.1) is 0 Å². The van der Waals surface area contributed by atoms with Crippen LogP contribution in [-0.2, 0) is 20.7 Å². The number of imidazole rings is 1. The predicted molar refractivity (Wildman–Crippen MR) is 111 cm³/mol. The van der Waals surface area contributed by atoms with Crippen molar-refractivity contribution in [3.8, 4) is 6.07 Å². The average molecular weight is 404 g/mol. The number of allylic oxidation sites excluding steroid dienone is 1. The maximum absolute atomic E-state index is 12.2. The number of nitriles is 1. The van der Waals surface area contributed by atoms with Gasteiger partial charge in [0.15, 0.2) is 17.7 Å². The number of carbonyl (C=O) groups is 2. The summed E-state index contributed by atoms with van der Waals surface area (Å²) < 4.78 is 5.28. The first-order valence-electron chi connectivity index (χ1n) is 9.21. The van der Waals surface area contributed by atoms with Gasteiger partial charge in [-0.1, -0.05) is 24.3 Å². The molecule has 0 aliphatic rings. The number of H-pyrrole nitrogens is 1. The minimum atomic E-state index is -1.03. The fraction of sp³-hybridized carbons (Fsp3) is 0.182. The SMILES string of the molecule is CC(=O)Nc1ccc(CC(=O)O[C@H](C)/C(O)=C(\C#N)c2nc3ccccc3[nH]2)cc1. The molecule has 8 heteroatoms. The van der Waals surface area contributed by atoms with E-state index < -0.39 is 12.1 Å². The number of rotatable bonds is 6. The number of aromatic amines is 1. The van der Waals surface area contributed by atoms with E-state index in [1.807, 2.05) is 18.2 Å². The molecule has 0 aliphatic heterocycles. The van der Waals surface area contributed by atoms with Gasteiger partial charge in [-0.25, -0.2) is 4.98 Å². The van der Waals surface area contributed by atoms with E-state index in [9.17, 15) is 20.0 Å². The van der Waals surface area contributed by atoms with Gasteiger partial charge in [0.25, 0.3) is 0 Å². The Bertz CT molecular complexity index is 1120. The lowest BCUT2D eigenvalue weighted by Crippen LogP contribution is -2.19. The van der Waals surface area contributed by atoms with Crippen molar-refractivity contribution in [3.05, 3.63) is 65.7 Å². The van der Waals surface area contributed by atoms with Gasteiger partial charge in [0.2, 0.25) is 5.91 Å². The molecule has 0 aliphatic carbocycles. The first-order chi connectivity index (χ1) is 14.4. The van der Waals surface area contributed by atoms with Crippen LogP contribution in [0.1, 0.15) is 25.2 Å². The number of benzene rings is 2. The van der Waals surface area contributed by atoms with Crippen molar-refractivity contribution in [1.82, 2.24) is 9.97 Å². The predicted octanol–water partition coefficient (Wildman–Crippen LogP) is 3.49. The van der Waals surface area contributed by atoms with Crippen molar-refractivity contribution >= 4 is 34.2 Å². The Hall–Kier alpha value is -4.12. The zero-order valence-electron chi connectivity index (χ0n) is 16.5. The maximum Gasteiger partial charge on any atom is 0.310 e. The van der Waals surface area contributed by atoms with Crippen LogP contribution in [0.4, 0.5) is 5.69 Å². The summed E-state index contributed by atoms with van der Waals surface area (Å²) in [5.74, 6) is -0.933. The van der Waals surface area contributed by atoms with Crippen molar-refractivity contribution in [3.63, 3.8) is 0 Å². The highest BCUT2D eigenvalue weighted by atomic mass is 16.6. The number of hydrogen-bond acceptors (Lipinski definition) is 6. The van der Waals surface area contributed by atoms with E-state index >= 15 is 0 Å². The lowest BCUT2D eigenvalue weighted by Gasteiger charge is -2.14. The van der Waals surface area contributed by atoms with E-state index in [4.69, 9.17) is 4.74 Å². The lowest BCUT2D eigenvalue weighted by atomic mass is 10.1. The molecule has 0 radical (unpaired) electrons. The molecular weight excluding hydrogens is 384 g/mol. The number of anilines is 1. The molecule has 1 amide bonds. The van der Waals surface area contributed by atoms with Crippen LogP contribution >= 0.6 is 0 Å². The topological polar surface area (TPSA) is 128 Å². The van der Waals surface area contributed by atoms with E-state index in [0.29, 0.717) is 16.8 Å². The number of ether oxygens (including phenoxy) is 1. The standard InChI is InChI=1S/C22H20N4O4/c1-13(30-20(28)11-15-7-9-16(10-8-15)24-14(2)27)21(29)17(12-23)22-25-18-5-3-4-6-19(18)26-22/h3-10,13,29H,11H2,1-2H3,(H,24,27)(H,25,26)/b21-17-/t13-/m1/s1. The smallest absolute Gasteiger partial charge is 0.310 e. The number of aliphatic hydroxyl groups excluding tert-OH is 1. The Morgan fingerprint density at radius 2 is 1.93 bits per heavy atom. The highest BCUT2D eigenvalue weighted by molar-refractivity contribution is 5.88. The first-order valence-corrected chi connectivity index (χ1v) is 9.21. The van der Waals surface area contributed by atoms with Gasteiger partial charge in [-0.05, 0) is 36.8 Å². The molecule has 0 saturated carbocycles. The van der Waals surface area contributed by atoms with Gasteiger partial charge in [0.1, 0.15) is 11.6 Å². The summed E-state index contributed by atoms with van der Waals surface area (Å²) in [6.45, 7) is 2.89. The number of nitrogens with zero attached hydrogens (tertiary/aromatic N) is 2. The minimum Gasteiger partial charge on any atom is -0.507 e. The summed E-state index contributed by atoms with van der Waals surface area (Å²) in [6, 6.07) is 15.9. The Morgan fingerprint density at radius 1 is 1.23 bits per heavy atom. The summed E-state index contributed by atoms with van der Waals surface area (Å²) >= 11 is 0. The van der Waals surface area contributed by atoms with Crippen LogP contribution < -0.4 is 5.32 Å². The maximum atomic E-state index is 12.2. The van der Waals surface area contributed by atoms with E-state index in [-0.39, 0.29) is 29.5 Å². The molecule has 152 valence electrons. The van der Waals surface area contributed by atoms with E-state index in [1.54, 1.807) is 36.4 Å². The number of aromatic nitrogens is 2. The number of fused-ring (bicyclic) bond motifs is 1. The van der Waals surface area contributed by atoms with Crippen LogP contribution in [0.25, 0.3) is 16.6 Å². The van der Waals surface area contributed by atoms with Crippen LogP contribution in [0, 0.1) is 11.3 Å². The van der Waals surface area contributed by atoms with Gasteiger partial charge in [0, 0.05) is 12.6 Å². The van der Waals surface area contributed by atoms with Crippen molar-refractivity contribution in [2.75, 3.05) is 5.32 Å². The summed E-state index contributed by atoms with van der Waals surface area (Å²) in [5.41, 5.74) is 2.59. The van der Waals surface area contributed by atoms with Crippen LogP contribution in [0.3, 0.4) is 0 Å². The Balaban J connectivity index is 1.70. The molecule has 1 aromatic heterocycles. The highest BCUT2D eigenvalue weighted by Gasteiger charge is 2.21. The zero-order chi connectivity index (χ0) is 21.7. The summed E-state index contributed by atoms with van der Waals surface area (Å²) in [4.78, 5) is 30.6. The number of nitrogens with one attached hydrogen (secondary N) is 2. The monoisotopic (exact) mass is 404 g/mol. The van der Waals surface area contributed by atoms with Crippen LogP contribution in [0.2, 0.25) is 0 Å². The summed E-state index contributed by atoms with van der Waals surface area (Å²) in [6.07, 6.45) is -1.05. The van der Waals surface area contributed by atoms with Gasteiger partial charge in [0.05, 0.1) is 17.5 Å². The van der Waals surface area contributed by atoms with Gasteiger partial charge >= 0.3 is 5.97 Å². The third-order valence-electron chi connectivity index (χ3n) is 4.31. The molecule has 1 atom stereocenters. The number of amides is 1. The second kappa shape index (κ2) is 8.92. The summed E-state index contributed by atoms with van der Waals surface area (Å²) in [7, 11) is 0. The van der Waals surface area contributed by atoms with E-state index in [2.05, 4.69) is 15.3 Å². The molecular formula is C22H20N4O4. The zero-order valence-corrected chi connectivity index (χ0v) is 16.5. The highest BCUT2D eigenvalue weighted by Crippen LogP contribution is 2.21. The van der Waals surface area contributed by atoms with Crippen molar-refractivity contribution < 1.29 is 19.4 Å². The summed E-state index contributed by atoms with van der Waals surface area (Å²) in [5, 5.41) is 22.6. The second-order valence-corrected chi connectivity index (χ2v) is 6.66. The molecule has 0 spiro atoms. The minimum absolute atomic E-state index is 0.0233. The molecule has 3 aromatic rings. The second-order valence-electron chi connectivity index (χ2n) is 6.66. The molecule has 2 aromatic carbocycles. The largest absolute Gasteiger partial charge is 0.507 e. The quantitative estimate of drug-likeness (QED) is 0.328.